The van der Waals surface area contributed by atoms with Gasteiger partial charge in [0.15, 0.2) is 0 Å². The number of rotatable bonds is 5. The van der Waals surface area contributed by atoms with Gasteiger partial charge < -0.3 is 5.32 Å². The molecule has 0 fully saturated rings. The largest absolute Gasteiger partial charge is 0.316 e. The lowest BCUT2D eigenvalue weighted by Crippen LogP contribution is -2.27. The van der Waals surface area contributed by atoms with Crippen LogP contribution < -0.4 is 5.32 Å². The second-order valence-electron chi connectivity index (χ2n) is 5.18. The lowest BCUT2D eigenvalue weighted by atomic mass is 9.84. The molecule has 0 aromatic carbocycles. The Kier molecular flexibility index (Phi) is 4.31. The molecule has 2 atom stereocenters. The maximum absolute atomic E-state index is 4.11. The first-order chi connectivity index (χ1) is 8.24. The molecule has 4 heteroatoms. The van der Waals surface area contributed by atoms with Crippen LogP contribution in [-0.4, -0.2) is 28.3 Å². The standard InChI is InChI=1S/C13H22N4/c1-10-5-11(2)7-12(6-10)8-14-4-3-13-15-9-16-17-13/h5,9-10,12,14H,3-4,6-8H2,1-2H3,(H,15,16,17). The predicted octanol–water partition coefficient (Wildman–Crippen LogP) is 1.93. The van der Waals surface area contributed by atoms with Crippen molar-refractivity contribution >= 4 is 0 Å². The lowest BCUT2D eigenvalue weighted by Gasteiger charge is -2.25. The molecule has 2 N–H and O–H groups in total. The minimum atomic E-state index is 0.741. The van der Waals surface area contributed by atoms with Gasteiger partial charge in [-0.05, 0) is 38.1 Å². The predicted molar refractivity (Wildman–Crippen MR) is 68.6 cm³/mol. The van der Waals surface area contributed by atoms with Crippen molar-refractivity contribution in [2.75, 3.05) is 13.1 Å². The number of nitrogens with zero attached hydrogens (tertiary/aromatic N) is 2. The van der Waals surface area contributed by atoms with Gasteiger partial charge in [-0.15, -0.1) is 0 Å². The summed E-state index contributed by atoms with van der Waals surface area (Å²) in [7, 11) is 0. The van der Waals surface area contributed by atoms with E-state index in [0.29, 0.717) is 0 Å². The number of nitrogens with one attached hydrogen (secondary N) is 2. The lowest BCUT2D eigenvalue weighted by molar-refractivity contribution is 0.382. The zero-order chi connectivity index (χ0) is 12.1. The summed E-state index contributed by atoms with van der Waals surface area (Å²) < 4.78 is 0. The van der Waals surface area contributed by atoms with E-state index < -0.39 is 0 Å². The number of H-pyrrole nitrogens is 1. The first-order valence-corrected chi connectivity index (χ1v) is 6.46. The van der Waals surface area contributed by atoms with E-state index in [4.69, 9.17) is 0 Å². The minimum absolute atomic E-state index is 0.741. The summed E-state index contributed by atoms with van der Waals surface area (Å²) >= 11 is 0. The number of hydrogen-bond donors (Lipinski definition) is 2. The van der Waals surface area contributed by atoms with Crippen molar-refractivity contribution in [2.24, 2.45) is 11.8 Å². The third-order valence-corrected chi connectivity index (χ3v) is 3.32. The molecule has 2 unspecified atom stereocenters. The van der Waals surface area contributed by atoms with Gasteiger partial charge in [0.05, 0.1) is 0 Å². The Morgan fingerprint density at radius 3 is 3.12 bits per heavy atom. The average Bonchev–Trinajstić information content (AvgIpc) is 2.76. The Balaban J connectivity index is 1.64. The average molecular weight is 234 g/mol. The molecule has 1 heterocycles. The zero-order valence-corrected chi connectivity index (χ0v) is 10.7. The van der Waals surface area contributed by atoms with Gasteiger partial charge in [-0.3, -0.25) is 5.10 Å². The Bertz CT molecular complexity index is 356. The van der Waals surface area contributed by atoms with Gasteiger partial charge in [-0.2, -0.15) is 5.10 Å². The van der Waals surface area contributed by atoms with Crippen LogP contribution in [0.3, 0.4) is 0 Å². The SMILES string of the molecule is CC1=CC(C)CC(CNCCc2ncn[nH]2)C1. The molecular weight excluding hydrogens is 212 g/mol. The van der Waals surface area contributed by atoms with Crippen molar-refractivity contribution < 1.29 is 0 Å². The highest BCUT2D eigenvalue weighted by atomic mass is 15.2. The van der Waals surface area contributed by atoms with Gasteiger partial charge in [0.25, 0.3) is 0 Å². The molecule has 0 saturated carbocycles. The van der Waals surface area contributed by atoms with Crippen molar-refractivity contribution in [1.82, 2.24) is 20.5 Å². The van der Waals surface area contributed by atoms with E-state index in [9.17, 15) is 0 Å². The Labute approximate surface area is 103 Å². The second kappa shape index (κ2) is 5.96. The summed E-state index contributed by atoms with van der Waals surface area (Å²) in [5.41, 5.74) is 1.55. The summed E-state index contributed by atoms with van der Waals surface area (Å²) in [6, 6.07) is 0. The van der Waals surface area contributed by atoms with Crippen molar-refractivity contribution in [3.63, 3.8) is 0 Å². The Morgan fingerprint density at radius 1 is 1.53 bits per heavy atom. The molecule has 0 saturated heterocycles. The fraction of sp³-hybridized carbons (Fsp3) is 0.692. The number of aromatic amines is 1. The van der Waals surface area contributed by atoms with Crippen LogP contribution in [0.25, 0.3) is 0 Å². The van der Waals surface area contributed by atoms with E-state index in [1.807, 2.05) is 0 Å². The molecule has 0 aliphatic heterocycles. The smallest absolute Gasteiger partial charge is 0.137 e. The summed E-state index contributed by atoms with van der Waals surface area (Å²) in [5, 5.41) is 10.2. The highest BCUT2D eigenvalue weighted by molar-refractivity contribution is 5.06. The Hall–Kier alpha value is -1.16. The van der Waals surface area contributed by atoms with Crippen LogP contribution in [0, 0.1) is 11.8 Å². The highest BCUT2D eigenvalue weighted by Gasteiger charge is 2.17. The van der Waals surface area contributed by atoms with E-state index >= 15 is 0 Å². The summed E-state index contributed by atoms with van der Waals surface area (Å²) in [5.74, 6) is 2.50. The molecule has 2 rings (SSSR count). The van der Waals surface area contributed by atoms with Gasteiger partial charge >= 0.3 is 0 Å². The maximum Gasteiger partial charge on any atom is 0.137 e. The van der Waals surface area contributed by atoms with Crippen LogP contribution in [0.5, 0.6) is 0 Å². The zero-order valence-electron chi connectivity index (χ0n) is 10.7. The topological polar surface area (TPSA) is 53.6 Å². The molecule has 0 bridgehead atoms. The molecule has 1 aliphatic carbocycles. The molecule has 0 radical (unpaired) electrons. The first-order valence-electron chi connectivity index (χ1n) is 6.46. The third-order valence-electron chi connectivity index (χ3n) is 3.32. The van der Waals surface area contributed by atoms with E-state index in [2.05, 4.69) is 40.4 Å². The van der Waals surface area contributed by atoms with Gasteiger partial charge in [-0.1, -0.05) is 18.6 Å². The minimum Gasteiger partial charge on any atom is -0.316 e. The monoisotopic (exact) mass is 234 g/mol. The van der Waals surface area contributed by atoms with Crippen LogP contribution in [-0.2, 0) is 6.42 Å². The molecule has 94 valence electrons. The van der Waals surface area contributed by atoms with Crippen molar-refractivity contribution in [3.8, 4) is 0 Å². The molecule has 0 spiro atoms. The van der Waals surface area contributed by atoms with Crippen LogP contribution >= 0.6 is 0 Å². The third kappa shape index (κ3) is 3.97. The van der Waals surface area contributed by atoms with Gasteiger partial charge in [0.1, 0.15) is 12.2 Å². The van der Waals surface area contributed by atoms with Gasteiger partial charge in [-0.25, -0.2) is 4.98 Å². The van der Waals surface area contributed by atoms with Crippen molar-refractivity contribution in [2.45, 2.75) is 33.1 Å². The molecule has 1 aromatic heterocycles. The molecule has 0 amide bonds. The van der Waals surface area contributed by atoms with Crippen molar-refractivity contribution in [3.05, 3.63) is 23.8 Å². The van der Waals surface area contributed by atoms with Gasteiger partial charge in [0, 0.05) is 13.0 Å². The number of allylic oxidation sites excluding steroid dienone is 2. The van der Waals surface area contributed by atoms with E-state index in [1.54, 1.807) is 11.9 Å². The van der Waals surface area contributed by atoms with Crippen molar-refractivity contribution in [1.29, 1.82) is 0 Å². The summed E-state index contributed by atoms with van der Waals surface area (Å²) in [6.07, 6.45) is 7.46. The normalized spacial score (nSPS) is 24.7. The summed E-state index contributed by atoms with van der Waals surface area (Å²) in [4.78, 5) is 4.11. The summed E-state index contributed by atoms with van der Waals surface area (Å²) in [6.45, 7) is 6.65. The number of hydrogen-bond acceptors (Lipinski definition) is 3. The quantitative estimate of drug-likeness (QED) is 0.604. The fourth-order valence-electron chi connectivity index (χ4n) is 2.71. The molecule has 1 aliphatic rings. The molecule has 17 heavy (non-hydrogen) atoms. The van der Waals surface area contributed by atoms with Crippen LogP contribution in [0.15, 0.2) is 18.0 Å². The van der Waals surface area contributed by atoms with E-state index in [1.165, 1.54) is 12.8 Å². The molecular formula is C13H22N4. The highest BCUT2D eigenvalue weighted by Crippen LogP contribution is 2.27. The molecule has 4 nitrogen and oxygen atoms in total. The Morgan fingerprint density at radius 2 is 2.41 bits per heavy atom. The number of aromatic nitrogens is 3. The second-order valence-corrected chi connectivity index (χ2v) is 5.18. The van der Waals surface area contributed by atoms with Crippen LogP contribution in [0.4, 0.5) is 0 Å². The van der Waals surface area contributed by atoms with Gasteiger partial charge in [0.2, 0.25) is 0 Å². The van der Waals surface area contributed by atoms with E-state index in [-0.39, 0.29) is 0 Å². The van der Waals surface area contributed by atoms with Crippen LogP contribution in [0.1, 0.15) is 32.5 Å². The van der Waals surface area contributed by atoms with E-state index in [0.717, 1.165) is 37.2 Å². The fourth-order valence-corrected chi connectivity index (χ4v) is 2.71. The van der Waals surface area contributed by atoms with Crippen LogP contribution in [0.2, 0.25) is 0 Å². The maximum atomic E-state index is 4.11. The first kappa shape index (κ1) is 12.3. The molecule has 1 aromatic rings.